The molecule has 6 N–H and O–H groups in total. The molecule has 27 heavy (non-hydrogen) atoms. The molecule has 1 saturated heterocycles. The summed E-state index contributed by atoms with van der Waals surface area (Å²) in [6.07, 6.45) is -5.37. The number of ether oxygens (including phenoxy) is 2. The van der Waals surface area contributed by atoms with Gasteiger partial charge >= 0.3 is 0 Å². The molecular weight excluding hydrogens is 356 g/mol. The standard InChI is InChI=1S/C19H20O8/c20-11-9-7-5-3-1-2-4-6-8-10-14(22)13-26-19-18(25)17(24)16(23)15(12-21)27-19/h7,9,14-25H,11-13H2/b9-7+/t14-,15+,16+,17-,18+,19+/m1/s1. The fourth-order valence-electron chi connectivity index (χ4n) is 1.87. The smallest absolute Gasteiger partial charge is 0.186 e. The first-order valence-corrected chi connectivity index (χ1v) is 7.88. The van der Waals surface area contributed by atoms with Gasteiger partial charge in [-0.25, -0.2) is 0 Å². The molecule has 0 radical (unpaired) electrons. The minimum absolute atomic E-state index is 0.0973. The van der Waals surface area contributed by atoms with E-state index in [1.807, 2.05) is 0 Å². The molecular formula is C19H20O8. The Bertz CT molecular complexity index is 729. The third-order valence-corrected chi connectivity index (χ3v) is 3.20. The van der Waals surface area contributed by atoms with E-state index < -0.39 is 43.4 Å². The predicted molar refractivity (Wildman–Crippen MR) is 93.1 cm³/mol. The summed E-state index contributed by atoms with van der Waals surface area (Å²) in [6.45, 7) is -1.03. The van der Waals surface area contributed by atoms with Crippen molar-refractivity contribution in [2.75, 3.05) is 19.8 Å². The Labute approximate surface area is 157 Å². The zero-order valence-corrected chi connectivity index (χ0v) is 14.2. The van der Waals surface area contributed by atoms with Gasteiger partial charge in [-0.1, -0.05) is 17.9 Å². The van der Waals surface area contributed by atoms with Crippen LogP contribution in [0.2, 0.25) is 0 Å². The van der Waals surface area contributed by atoms with E-state index in [4.69, 9.17) is 19.7 Å². The van der Waals surface area contributed by atoms with Crippen molar-refractivity contribution in [3.05, 3.63) is 12.2 Å². The second kappa shape index (κ2) is 12.9. The van der Waals surface area contributed by atoms with Gasteiger partial charge in [-0.2, -0.15) is 0 Å². The molecule has 1 rings (SSSR count). The lowest BCUT2D eigenvalue weighted by Gasteiger charge is -2.39. The Kier molecular flexibility index (Phi) is 10.9. The summed E-state index contributed by atoms with van der Waals surface area (Å²) in [5, 5.41) is 56.3. The number of hydrogen-bond acceptors (Lipinski definition) is 8. The molecule has 1 aliphatic rings. The van der Waals surface area contributed by atoms with Gasteiger partial charge in [-0.05, 0) is 41.6 Å². The lowest BCUT2D eigenvalue weighted by atomic mass is 9.99. The molecule has 6 atom stereocenters. The summed E-state index contributed by atoms with van der Waals surface area (Å²) in [5.74, 6) is 19.4. The van der Waals surface area contributed by atoms with E-state index >= 15 is 0 Å². The highest BCUT2D eigenvalue weighted by Crippen LogP contribution is 2.21. The number of aliphatic hydroxyl groups is 6. The van der Waals surface area contributed by atoms with Crippen molar-refractivity contribution < 1.29 is 40.1 Å². The molecule has 0 aromatic rings. The zero-order chi connectivity index (χ0) is 20.1. The van der Waals surface area contributed by atoms with Gasteiger partial charge in [0, 0.05) is 0 Å². The van der Waals surface area contributed by atoms with Gasteiger partial charge in [-0.3, -0.25) is 0 Å². The maximum atomic E-state index is 9.77. The van der Waals surface area contributed by atoms with Gasteiger partial charge < -0.3 is 40.1 Å². The molecule has 0 amide bonds. The van der Waals surface area contributed by atoms with Gasteiger partial charge in [0.1, 0.15) is 30.5 Å². The van der Waals surface area contributed by atoms with E-state index in [-0.39, 0.29) is 13.2 Å². The number of allylic oxidation sites excluding steroid dienone is 1. The predicted octanol–water partition coefficient (Wildman–Crippen LogP) is -3.27. The van der Waals surface area contributed by atoms with E-state index in [1.165, 1.54) is 12.2 Å². The minimum Gasteiger partial charge on any atom is -0.394 e. The molecule has 0 bridgehead atoms. The molecule has 1 aliphatic heterocycles. The lowest BCUT2D eigenvalue weighted by molar-refractivity contribution is -0.303. The average Bonchev–Trinajstić information content (AvgIpc) is 2.67. The van der Waals surface area contributed by atoms with Crippen LogP contribution in [0.1, 0.15) is 0 Å². The van der Waals surface area contributed by atoms with Crippen LogP contribution in [0.25, 0.3) is 0 Å². The number of hydrogen-bond donors (Lipinski definition) is 6. The third kappa shape index (κ3) is 8.26. The van der Waals surface area contributed by atoms with Crippen LogP contribution in [0, 0.1) is 47.4 Å². The quantitative estimate of drug-likeness (QED) is 0.275. The molecule has 8 heteroatoms. The fraction of sp³-hybridized carbons (Fsp3) is 0.474. The lowest BCUT2D eigenvalue weighted by Crippen LogP contribution is -2.59. The molecule has 0 aromatic carbocycles. The van der Waals surface area contributed by atoms with Crippen molar-refractivity contribution in [1.29, 1.82) is 0 Å². The van der Waals surface area contributed by atoms with Gasteiger partial charge in [0.25, 0.3) is 0 Å². The normalized spacial score (nSPS) is 27.7. The van der Waals surface area contributed by atoms with Crippen molar-refractivity contribution in [2.24, 2.45) is 0 Å². The molecule has 0 saturated carbocycles. The summed E-state index contributed by atoms with van der Waals surface area (Å²) in [7, 11) is 0. The molecule has 0 spiro atoms. The maximum absolute atomic E-state index is 9.77. The topological polar surface area (TPSA) is 140 Å². The second-order valence-electron chi connectivity index (χ2n) is 5.17. The largest absolute Gasteiger partial charge is 0.394 e. The van der Waals surface area contributed by atoms with Gasteiger partial charge in [0.2, 0.25) is 0 Å². The maximum Gasteiger partial charge on any atom is 0.186 e. The van der Waals surface area contributed by atoms with Gasteiger partial charge in [0.15, 0.2) is 6.29 Å². The molecule has 1 fully saturated rings. The van der Waals surface area contributed by atoms with Crippen LogP contribution in [0.5, 0.6) is 0 Å². The van der Waals surface area contributed by atoms with E-state index in [1.54, 1.807) is 0 Å². The van der Waals surface area contributed by atoms with E-state index in [0.29, 0.717) is 0 Å². The van der Waals surface area contributed by atoms with Crippen LogP contribution >= 0.6 is 0 Å². The molecule has 1 heterocycles. The average molecular weight is 376 g/mol. The Balaban J connectivity index is 2.46. The van der Waals surface area contributed by atoms with E-state index in [9.17, 15) is 20.4 Å². The minimum atomic E-state index is -1.56. The summed E-state index contributed by atoms with van der Waals surface area (Å²) in [4.78, 5) is 0. The first kappa shape index (κ1) is 22.7. The molecule has 0 aliphatic carbocycles. The van der Waals surface area contributed by atoms with Crippen LogP contribution in [-0.4, -0.2) is 87.3 Å². The molecule has 144 valence electrons. The van der Waals surface area contributed by atoms with Crippen molar-refractivity contribution in [2.45, 2.75) is 36.8 Å². The summed E-state index contributed by atoms with van der Waals surface area (Å²) >= 11 is 0. The Morgan fingerprint density at radius 3 is 2.26 bits per heavy atom. The van der Waals surface area contributed by atoms with Crippen LogP contribution < -0.4 is 0 Å². The first-order chi connectivity index (χ1) is 13.0. The zero-order valence-electron chi connectivity index (χ0n) is 14.2. The number of aliphatic hydroxyl groups excluding tert-OH is 6. The van der Waals surface area contributed by atoms with Gasteiger partial charge in [-0.15, -0.1) is 0 Å². The highest BCUT2D eigenvalue weighted by molar-refractivity contribution is 5.41. The third-order valence-electron chi connectivity index (χ3n) is 3.20. The summed E-state index contributed by atoms with van der Waals surface area (Å²) in [5.41, 5.74) is 0. The Morgan fingerprint density at radius 1 is 0.926 bits per heavy atom. The van der Waals surface area contributed by atoms with Crippen molar-refractivity contribution in [3.63, 3.8) is 0 Å². The fourth-order valence-corrected chi connectivity index (χ4v) is 1.87. The second-order valence-corrected chi connectivity index (χ2v) is 5.17. The van der Waals surface area contributed by atoms with Crippen molar-refractivity contribution in [1.82, 2.24) is 0 Å². The highest BCUT2D eigenvalue weighted by Gasteiger charge is 2.44. The highest BCUT2D eigenvalue weighted by atomic mass is 16.7. The van der Waals surface area contributed by atoms with Crippen molar-refractivity contribution >= 4 is 0 Å². The summed E-state index contributed by atoms with van der Waals surface area (Å²) in [6, 6.07) is 0. The number of rotatable bonds is 5. The first-order valence-electron chi connectivity index (χ1n) is 7.88. The van der Waals surface area contributed by atoms with Crippen LogP contribution in [-0.2, 0) is 9.47 Å². The monoisotopic (exact) mass is 376 g/mol. The van der Waals surface area contributed by atoms with E-state index in [2.05, 4.69) is 47.4 Å². The van der Waals surface area contributed by atoms with E-state index in [0.717, 1.165) is 0 Å². The SMILES string of the molecule is OC/C=C/C#CC#CC#CC#C[C@@H](O)CO[C@H]1O[C@@H](CO)[C@H](O)[C@@H](O)[C@@H]1O. The molecule has 8 nitrogen and oxygen atoms in total. The Morgan fingerprint density at radius 2 is 1.59 bits per heavy atom. The van der Waals surface area contributed by atoms with Crippen LogP contribution in [0.15, 0.2) is 12.2 Å². The van der Waals surface area contributed by atoms with Gasteiger partial charge in [0.05, 0.1) is 19.8 Å². The van der Waals surface area contributed by atoms with Crippen LogP contribution in [0.4, 0.5) is 0 Å². The van der Waals surface area contributed by atoms with Crippen molar-refractivity contribution in [3.8, 4) is 47.4 Å². The molecule has 0 unspecified atom stereocenters. The Hall–Kier alpha value is -2.34. The summed E-state index contributed by atoms with van der Waals surface area (Å²) < 4.78 is 10.2. The molecule has 0 aromatic heterocycles. The van der Waals surface area contributed by atoms with Crippen LogP contribution in [0.3, 0.4) is 0 Å².